The summed E-state index contributed by atoms with van der Waals surface area (Å²) in [5.74, 6) is 0.0933. The van der Waals surface area contributed by atoms with E-state index in [4.69, 9.17) is 14.0 Å². The summed E-state index contributed by atoms with van der Waals surface area (Å²) < 4.78 is 73.2. The van der Waals surface area contributed by atoms with Crippen molar-refractivity contribution in [3.63, 3.8) is 0 Å². The number of carbonyl (C=O) groups excluding carboxylic acids is 3. The summed E-state index contributed by atoms with van der Waals surface area (Å²) in [6, 6.07) is 0. The van der Waals surface area contributed by atoms with Crippen LogP contribution in [0, 0.1) is 46.3 Å². The number of carbonyl (C=O) groups is 3. The Balaban J connectivity index is 1.46. The first kappa shape index (κ1) is 33.1. The number of esters is 3. The lowest BCUT2D eigenvalue weighted by Gasteiger charge is -2.62. The second kappa shape index (κ2) is 11.9. The van der Waals surface area contributed by atoms with Gasteiger partial charge < -0.3 is 14.2 Å². The maximum atomic E-state index is 13.5. The zero-order chi connectivity index (χ0) is 31.3. The molecule has 0 bridgehead atoms. The van der Waals surface area contributed by atoms with E-state index in [2.05, 4.69) is 25.5 Å². The standard InChI is InChI=1S/C30H46F2O9S/c1-17(6-9-26(35)39-16-30(31,32)42(36,37)38)22-7-8-23-27-24(11-13-29(22,23)5)28(4)12-10-21(40-18(2)33)14-20(28)15-25(27)41-19(3)34/h17,20-25,27H,6-16H2,1-5H3,(H,36,37,38)/t17-,20?,21-,22-,23+,24+,25-,27+,28+,29-/m1/s1. The lowest BCUT2D eigenvalue weighted by Crippen LogP contribution is -2.59. The summed E-state index contributed by atoms with van der Waals surface area (Å²) in [6.45, 7) is 7.92. The van der Waals surface area contributed by atoms with Crippen molar-refractivity contribution >= 4 is 28.0 Å². The molecule has 0 amide bonds. The van der Waals surface area contributed by atoms with Gasteiger partial charge in [0.25, 0.3) is 0 Å². The van der Waals surface area contributed by atoms with Crippen LogP contribution in [0.3, 0.4) is 0 Å². The molecule has 1 N–H and O–H groups in total. The predicted octanol–water partition coefficient (Wildman–Crippen LogP) is 5.56. The summed E-state index contributed by atoms with van der Waals surface area (Å²) >= 11 is 0. The number of rotatable bonds is 9. The molecular formula is C30H46F2O9S. The SMILES string of the molecule is CC(=O)O[C@@H]1CC[C@@]2(C)C(C1)C[C@@H](OC(C)=O)[C@H]1[C@@H]3CC[C@H]([C@H](C)CCC(=O)OCC(F)(F)S(=O)(=O)O)[C@@]3(C)CC[C@@H]12. The Bertz CT molecular complexity index is 1160. The molecule has 4 fully saturated rings. The van der Waals surface area contributed by atoms with Crippen molar-refractivity contribution in [2.75, 3.05) is 6.61 Å². The van der Waals surface area contributed by atoms with E-state index in [1.165, 1.54) is 13.8 Å². The number of halogens is 2. The predicted molar refractivity (Wildman–Crippen MR) is 148 cm³/mol. The van der Waals surface area contributed by atoms with Gasteiger partial charge in [0, 0.05) is 26.2 Å². The third-order valence-electron chi connectivity index (χ3n) is 11.6. The molecule has 9 nitrogen and oxygen atoms in total. The largest absolute Gasteiger partial charge is 0.463 e. The van der Waals surface area contributed by atoms with Crippen LogP contribution in [0.4, 0.5) is 8.78 Å². The molecule has 4 rings (SSSR count). The molecule has 4 saturated carbocycles. The van der Waals surface area contributed by atoms with Crippen molar-refractivity contribution in [1.29, 1.82) is 0 Å². The minimum atomic E-state index is -5.67. The van der Waals surface area contributed by atoms with Gasteiger partial charge in [0.05, 0.1) is 0 Å². The number of alkyl halides is 2. The van der Waals surface area contributed by atoms with Gasteiger partial charge in [-0.15, -0.1) is 0 Å². The van der Waals surface area contributed by atoms with E-state index in [9.17, 15) is 31.6 Å². The van der Waals surface area contributed by atoms with E-state index in [-0.39, 0.29) is 59.2 Å². The van der Waals surface area contributed by atoms with Gasteiger partial charge in [0.1, 0.15) is 12.2 Å². The lowest BCUT2D eigenvalue weighted by molar-refractivity contribution is -0.197. The monoisotopic (exact) mass is 620 g/mol. The highest BCUT2D eigenvalue weighted by molar-refractivity contribution is 7.86. The Kier molecular flexibility index (Phi) is 9.40. The van der Waals surface area contributed by atoms with Crippen LogP contribution in [0.1, 0.15) is 98.8 Å². The number of ether oxygens (including phenoxy) is 3. The summed E-state index contributed by atoms with van der Waals surface area (Å²) in [7, 11) is -5.67. The molecule has 42 heavy (non-hydrogen) atoms. The Morgan fingerprint density at radius 1 is 0.952 bits per heavy atom. The molecule has 4 aliphatic rings. The Labute approximate surface area is 247 Å². The Morgan fingerprint density at radius 2 is 1.57 bits per heavy atom. The Hall–Kier alpha value is -1.82. The Morgan fingerprint density at radius 3 is 2.19 bits per heavy atom. The first-order valence-electron chi connectivity index (χ1n) is 15.2. The molecule has 0 heterocycles. The van der Waals surface area contributed by atoms with E-state index >= 15 is 0 Å². The van der Waals surface area contributed by atoms with Crippen molar-refractivity contribution in [3.8, 4) is 0 Å². The molecule has 240 valence electrons. The zero-order valence-corrected chi connectivity index (χ0v) is 26.1. The molecule has 1 unspecified atom stereocenters. The highest BCUT2D eigenvalue weighted by atomic mass is 32.2. The van der Waals surface area contributed by atoms with Crippen molar-refractivity contribution in [1.82, 2.24) is 0 Å². The van der Waals surface area contributed by atoms with Gasteiger partial charge in [0.15, 0.2) is 6.61 Å². The molecule has 0 saturated heterocycles. The van der Waals surface area contributed by atoms with E-state index in [1.54, 1.807) is 0 Å². The van der Waals surface area contributed by atoms with Crippen molar-refractivity contribution in [2.45, 2.75) is 116 Å². The van der Waals surface area contributed by atoms with Crippen LogP contribution in [0.5, 0.6) is 0 Å². The molecule has 10 atom stereocenters. The van der Waals surface area contributed by atoms with E-state index in [1.807, 2.05) is 0 Å². The van der Waals surface area contributed by atoms with Crippen LogP contribution in [-0.2, 0) is 38.7 Å². The molecule has 0 spiro atoms. The fraction of sp³-hybridized carbons (Fsp3) is 0.900. The van der Waals surface area contributed by atoms with Gasteiger partial charge in [0.2, 0.25) is 0 Å². The number of fused-ring (bicyclic) bond motifs is 5. The molecule has 0 aromatic rings. The van der Waals surface area contributed by atoms with Gasteiger partial charge in [-0.05, 0) is 98.2 Å². The second-order valence-electron chi connectivity index (χ2n) is 13.9. The lowest BCUT2D eigenvalue weighted by atomic mass is 9.43. The maximum Gasteiger partial charge on any atom is 0.402 e. The summed E-state index contributed by atoms with van der Waals surface area (Å²) in [5, 5.41) is -4.55. The number of hydrogen-bond donors (Lipinski definition) is 1. The van der Waals surface area contributed by atoms with Crippen LogP contribution in [0.25, 0.3) is 0 Å². The third-order valence-corrected chi connectivity index (χ3v) is 12.5. The van der Waals surface area contributed by atoms with E-state index in [0.29, 0.717) is 24.2 Å². The fourth-order valence-corrected chi connectivity index (χ4v) is 9.88. The number of hydrogen-bond acceptors (Lipinski definition) is 8. The smallest absolute Gasteiger partial charge is 0.402 e. The zero-order valence-electron chi connectivity index (χ0n) is 25.3. The second-order valence-corrected chi connectivity index (χ2v) is 15.4. The van der Waals surface area contributed by atoms with Crippen LogP contribution < -0.4 is 0 Å². The summed E-state index contributed by atoms with van der Waals surface area (Å²) in [5.41, 5.74) is 0.0237. The summed E-state index contributed by atoms with van der Waals surface area (Å²) in [6.07, 6.45) is 7.22. The quantitative estimate of drug-likeness (QED) is 0.200. The van der Waals surface area contributed by atoms with Gasteiger partial charge in [-0.1, -0.05) is 20.8 Å². The molecule has 0 aromatic carbocycles. The van der Waals surface area contributed by atoms with Gasteiger partial charge >= 0.3 is 33.3 Å². The fourth-order valence-electron chi connectivity index (χ4n) is 9.67. The minimum Gasteiger partial charge on any atom is -0.463 e. The molecule has 0 aliphatic heterocycles. The summed E-state index contributed by atoms with van der Waals surface area (Å²) in [4.78, 5) is 36.1. The highest BCUT2D eigenvalue weighted by Gasteiger charge is 2.64. The topological polar surface area (TPSA) is 133 Å². The van der Waals surface area contributed by atoms with Gasteiger partial charge in [-0.3, -0.25) is 18.9 Å². The first-order chi connectivity index (χ1) is 19.4. The van der Waals surface area contributed by atoms with Crippen LogP contribution in [0.15, 0.2) is 0 Å². The highest BCUT2D eigenvalue weighted by Crippen LogP contribution is 2.68. The first-order valence-corrected chi connectivity index (χ1v) is 16.7. The van der Waals surface area contributed by atoms with E-state index in [0.717, 1.165) is 51.4 Å². The van der Waals surface area contributed by atoms with E-state index < -0.39 is 27.9 Å². The molecule has 0 aromatic heterocycles. The average molecular weight is 621 g/mol. The van der Waals surface area contributed by atoms with Gasteiger partial charge in [-0.25, -0.2) is 0 Å². The van der Waals surface area contributed by atoms with Crippen molar-refractivity contribution < 1.29 is 50.3 Å². The molecule has 4 aliphatic carbocycles. The molecule has 12 heteroatoms. The normalized spacial score (nSPS) is 38.8. The van der Waals surface area contributed by atoms with Crippen LogP contribution in [-0.4, -0.2) is 54.9 Å². The maximum absolute atomic E-state index is 13.5. The molecular weight excluding hydrogens is 574 g/mol. The third kappa shape index (κ3) is 6.35. The van der Waals surface area contributed by atoms with Crippen LogP contribution in [0.2, 0.25) is 0 Å². The average Bonchev–Trinajstić information content (AvgIpc) is 3.22. The molecule has 0 radical (unpaired) electrons. The minimum absolute atomic E-state index is 0.0426. The van der Waals surface area contributed by atoms with Crippen molar-refractivity contribution in [2.24, 2.45) is 46.3 Å². The van der Waals surface area contributed by atoms with Gasteiger partial charge in [-0.2, -0.15) is 17.2 Å². The van der Waals surface area contributed by atoms with Crippen LogP contribution >= 0.6 is 0 Å². The van der Waals surface area contributed by atoms with Crippen molar-refractivity contribution in [3.05, 3.63) is 0 Å².